The highest BCUT2D eigenvalue weighted by Gasteiger charge is 2.32. The number of benzene rings is 2. The topological polar surface area (TPSA) is 83.0 Å². The van der Waals surface area contributed by atoms with Crippen LogP contribution in [0.5, 0.6) is 5.75 Å². The van der Waals surface area contributed by atoms with Crippen LogP contribution < -0.4 is 9.64 Å². The number of carboxylic acid groups (broad SMARTS) is 1. The van der Waals surface area contributed by atoms with E-state index < -0.39 is 23.3 Å². The number of thiazole rings is 1. The summed E-state index contributed by atoms with van der Waals surface area (Å²) in [5.41, 5.74) is 0.915. The monoisotopic (exact) mass is 533 g/mol. The first kappa shape index (κ1) is 26.5. The molecule has 0 bridgehead atoms. The fraction of sp³-hybridized carbons (Fsp3) is 0.346. The minimum Gasteiger partial charge on any atom is -0.478 e. The number of aryl methyl sites for hydroxylation is 1. The van der Waals surface area contributed by atoms with Gasteiger partial charge >= 0.3 is 18.2 Å². The molecular weight excluding hydrogens is 507 g/mol. The van der Waals surface area contributed by atoms with Crippen LogP contribution in [0, 0.1) is 6.92 Å². The number of nitrogens with zero attached hydrogens (tertiary/aromatic N) is 3. The van der Waals surface area contributed by atoms with E-state index in [1.165, 1.54) is 42.2 Å². The van der Waals surface area contributed by atoms with Crippen LogP contribution in [0.2, 0.25) is 0 Å². The molecule has 0 unspecified atom stereocenters. The Labute approximate surface area is 216 Å². The normalized spacial score (nSPS) is 13.8. The SMILES string of the molecule is Cc1sc(N(C)C(=O)N2CCc3cc(OC(C)(C)C(=O)O)ccc3C2)nc1-c1ccc(C(F)(F)F)cc1. The molecule has 2 amide bonds. The molecule has 2 aromatic carbocycles. The number of halogens is 3. The third kappa shape index (κ3) is 5.56. The summed E-state index contributed by atoms with van der Waals surface area (Å²) in [7, 11) is 1.62. The Balaban J connectivity index is 1.47. The van der Waals surface area contributed by atoms with Crippen LogP contribution in [-0.2, 0) is 23.9 Å². The van der Waals surface area contributed by atoms with Crippen molar-refractivity contribution in [1.29, 1.82) is 0 Å². The number of ether oxygens (including phenoxy) is 1. The zero-order chi connectivity index (χ0) is 27.1. The van der Waals surface area contributed by atoms with E-state index in [0.29, 0.717) is 41.6 Å². The molecule has 0 fully saturated rings. The van der Waals surface area contributed by atoms with Gasteiger partial charge in [0.1, 0.15) is 5.75 Å². The van der Waals surface area contributed by atoms with Crippen molar-refractivity contribution >= 4 is 28.5 Å². The second-order valence-corrected chi connectivity index (χ2v) is 10.5. The molecule has 0 aliphatic carbocycles. The molecule has 196 valence electrons. The lowest BCUT2D eigenvalue weighted by Crippen LogP contribution is -2.43. The summed E-state index contributed by atoms with van der Waals surface area (Å²) in [6.45, 7) is 5.60. The van der Waals surface area contributed by atoms with Gasteiger partial charge in [0.2, 0.25) is 0 Å². The maximum atomic E-state index is 13.3. The number of amides is 2. The van der Waals surface area contributed by atoms with Crippen molar-refractivity contribution in [3.8, 4) is 17.0 Å². The summed E-state index contributed by atoms with van der Waals surface area (Å²) in [5.74, 6) is -0.610. The van der Waals surface area contributed by atoms with Gasteiger partial charge in [0, 0.05) is 30.6 Å². The first-order chi connectivity index (χ1) is 17.3. The van der Waals surface area contributed by atoms with Gasteiger partial charge in [-0.3, -0.25) is 4.90 Å². The van der Waals surface area contributed by atoms with Crippen LogP contribution in [-0.4, -0.2) is 46.2 Å². The minimum atomic E-state index is -4.41. The predicted molar refractivity (Wildman–Crippen MR) is 134 cm³/mol. The Bertz CT molecular complexity index is 1340. The predicted octanol–water partition coefficient (Wildman–Crippen LogP) is 5.99. The number of rotatable bonds is 5. The zero-order valence-electron chi connectivity index (χ0n) is 20.7. The van der Waals surface area contributed by atoms with E-state index in [1.54, 1.807) is 18.0 Å². The van der Waals surface area contributed by atoms with E-state index in [4.69, 9.17) is 4.74 Å². The minimum absolute atomic E-state index is 0.245. The van der Waals surface area contributed by atoms with Gasteiger partial charge < -0.3 is 14.7 Å². The summed E-state index contributed by atoms with van der Waals surface area (Å²) in [4.78, 5) is 33.1. The molecule has 1 aliphatic rings. The first-order valence-electron chi connectivity index (χ1n) is 11.5. The van der Waals surface area contributed by atoms with Crippen LogP contribution in [0.3, 0.4) is 0 Å². The van der Waals surface area contributed by atoms with Crippen LogP contribution in [0.15, 0.2) is 42.5 Å². The van der Waals surface area contributed by atoms with Gasteiger partial charge in [-0.2, -0.15) is 13.2 Å². The molecule has 11 heteroatoms. The van der Waals surface area contributed by atoms with Crippen molar-refractivity contribution in [2.75, 3.05) is 18.5 Å². The van der Waals surface area contributed by atoms with E-state index in [2.05, 4.69) is 4.98 Å². The van der Waals surface area contributed by atoms with Crippen LogP contribution in [0.1, 0.15) is 35.4 Å². The molecule has 0 saturated heterocycles. The smallest absolute Gasteiger partial charge is 0.416 e. The lowest BCUT2D eigenvalue weighted by atomic mass is 9.99. The van der Waals surface area contributed by atoms with Gasteiger partial charge in [0.05, 0.1) is 11.3 Å². The fourth-order valence-electron chi connectivity index (χ4n) is 4.00. The molecule has 4 rings (SSSR count). The molecule has 37 heavy (non-hydrogen) atoms. The summed E-state index contributed by atoms with van der Waals surface area (Å²) in [6, 6.07) is 9.90. The Hall–Kier alpha value is -3.60. The van der Waals surface area contributed by atoms with Gasteiger partial charge in [0.25, 0.3) is 0 Å². The highest BCUT2D eigenvalue weighted by atomic mass is 32.1. The van der Waals surface area contributed by atoms with Crippen molar-refractivity contribution in [2.24, 2.45) is 0 Å². The lowest BCUT2D eigenvalue weighted by Gasteiger charge is -2.32. The third-order valence-corrected chi connectivity index (χ3v) is 7.24. The average molecular weight is 534 g/mol. The van der Waals surface area contributed by atoms with Crippen molar-refractivity contribution in [2.45, 2.75) is 45.5 Å². The Morgan fingerprint density at radius 3 is 2.41 bits per heavy atom. The fourth-order valence-corrected chi connectivity index (χ4v) is 4.89. The largest absolute Gasteiger partial charge is 0.478 e. The van der Waals surface area contributed by atoms with Gasteiger partial charge in [-0.25, -0.2) is 14.6 Å². The number of carbonyl (C=O) groups is 2. The molecule has 1 aliphatic heterocycles. The van der Waals surface area contributed by atoms with Gasteiger partial charge in [-0.15, -0.1) is 11.3 Å². The van der Waals surface area contributed by atoms with Gasteiger partial charge in [0.15, 0.2) is 10.7 Å². The number of carbonyl (C=O) groups excluding carboxylic acids is 1. The van der Waals surface area contributed by atoms with Crippen molar-refractivity contribution in [3.05, 3.63) is 64.0 Å². The molecular formula is C26H26F3N3O4S. The number of hydrogen-bond donors (Lipinski definition) is 1. The molecule has 3 aromatic rings. The number of fused-ring (bicyclic) bond motifs is 1. The summed E-state index contributed by atoms with van der Waals surface area (Å²) in [5, 5.41) is 9.73. The molecule has 0 radical (unpaired) electrons. The molecule has 2 heterocycles. The standard InChI is InChI=1S/C26H26F3N3O4S/c1-15-21(16-5-8-19(9-6-16)26(27,28)29)30-23(37-15)31(4)24(35)32-12-11-17-13-20(10-7-18(17)14-32)36-25(2,3)22(33)34/h5-10,13H,11-12,14H2,1-4H3,(H,33,34). The average Bonchev–Trinajstić information content (AvgIpc) is 3.23. The number of carboxylic acids is 1. The van der Waals surface area contributed by atoms with Gasteiger partial charge in [-0.05, 0) is 62.6 Å². The first-order valence-corrected chi connectivity index (χ1v) is 12.3. The van der Waals surface area contributed by atoms with Crippen molar-refractivity contribution in [3.63, 3.8) is 0 Å². The molecule has 0 saturated carbocycles. The number of aromatic nitrogens is 1. The maximum absolute atomic E-state index is 13.3. The highest BCUT2D eigenvalue weighted by Crippen LogP contribution is 2.35. The Kier molecular flexibility index (Phi) is 6.93. The summed E-state index contributed by atoms with van der Waals surface area (Å²) < 4.78 is 44.3. The number of urea groups is 1. The number of alkyl halides is 3. The van der Waals surface area contributed by atoms with E-state index >= 15 is 0 Å². The van der Waals surface area contributed by atoms with E-state index in [1.807, 2.05) is 19.1 Å². The number of hydrogen-bond acceptors (Lipinski definition) is 5. The summed E-state index contributed by atoms with van der Waals surface area (Å²) in [6.07, 6.45) is -3.84. The molecule has 0 spiro atoms. The van der Waals surface area contributed by atoms with Gasteiger partial charge in [-0.1, -0.05) is 18.2 Å². The second-order valence-electron chi connectivity index (χ2n) is 9.34. The zero-order valence-corrected chi connectivity index (χ0v) is 21.5. The van der Waals surface area contributed by atoms with Crippen LogP contribution in [0.4, 0.5) is 23.1 Å². The molecule has 0 atom stereocenters. The van der Waals surface area contributed by atoms with E-state index in [9.17, 15) is 27.9 Å². The Morgan fingerprint density at radius 2 is 1.78 bits per heavy atom. The molecule has 1 N–H and O–H groups in total. The Morgan fingerprint density at radius 1 is 1.11 bits per heavy atom. The highest BCUT2D eigenvalue weighted by molar-refractivity contribution is 7.16. The van der Waals surface area contributed by atoms with Crippen molar-refractivity contribution < 1.29 is 32.6 Å². The summed E-state index contributed by atoms with van der Waals surface area (Å²) >= 11 is 1.30. The van der Waals surface area contributed by atoms with E-state index in [0.717, 1.165) is 28.1 Å². The molecule has 1 aromatic heterocycles. The van der Waals surface area contributed by atoms with Crippen LogP contribution >= 0.6 is 11.3 Å². The maximum Gasteiger partial charge on any atom is 0.416 e. The number of anilines is 1. The molecule has 7 nitrogen and oxygen atoms in total. The van der Waals surface area contributed by atoms with Crippen LogP contribution in [0.25, 0.3) is 11.3 Å². The third-order valence-electron chi connectivity index (χ3n) is 6.19. The number of aliphatic carboxylic acids is 1. The quantitative estimate of drug-likeness (QED) is 0.435. The van der Waals surface area contributed by atoms with Crippen molar-refractivity contribution in [1.82, 2.24) is 9.88 Å². The van der Waals surface area contributed by atoms with E-state index in [-0.39, 0.29) is 6.03 Å². The lowest BCUT2D eigenvalue weighted by molar-refractivity contribution is -0.152. The second kappa shape index (κ2) is 9.70.